The normalized spacial score (nSPS) is 10.8. The topological polar surface area (TPSA) is 63.8 Å². The van der Waals surface area contributed by atoms with E-state index in [1.54, 1.807) is 52.0 Å². The minimum Gasteiger partial charge on any atom is -0.508 e. The summed E-state index contributed by atoms with van der Waals surface area (Å²) < 4.78 is 2.78. The third-order valence-electron chi connectivity index (χ3n) is 2.51. The molecule has 3 aromatic rings. The van der Waals surface area contributed by atoms with Crippen LogP contribution >= 0.6 is 39.0 Å². The Morgan fingerprint density at radius 1 is 1.20 bits per heavy atom. The molecule has 3 rings (SSSR count). The van der Waals surface area contributed by atoms with Gasteiger partial charge in [-0.15, -0.1) is 16.4 Å². The molecule has 0 radical (unpaired) electrons. The van der Waals surface area contributed by atoms with E-state index in [2.05, 4.69) is 37.5 Å². The molecule has 1 N–H and O–H groups in total. The van der Waals surface area contributed by atoms with Gasteiger partial charge < -0.3 is 5.11 Å². The van der Waals surface area contributed by atoms with Gasteiger partial charge in [0.25, 0.3) is 0 Å². The molecule has 0 atom stereocenters. The molecule has 0 saturated heterocycles. The first-order valence-corrected chi connectivity index (χ1v) is 8.27. The van der Waals surface area contributed by atoms with E-state index in [9.17, 15) is 5.11 Å². The van der Waals surface area contributed by atoms with Crippen LogP contribution in [-0.4, -0.2) is 25.3 Å². The van der Waals surface area contributed by atoms with Gasteiger partial charge in [0.15, 0.2) is 0 Å². The van der Waals surface area contributed by atoms with Crippen molar-refractivity contribution >= 4 is 39.0 Å². The summed E-state index contributed by atoms with van der Waals surface area (Å²) in [6.45, 7) is 0. The summed E-state index contributed by atoms with van der Waals surface area (Å²) in [6.07, 6.45) is 0. The Hall–Kier alpha value is -1.38. The molecule has 102 valence electrons. The molecule has 0 aliphatic heterocycles. The molecule has 0 saturated carbocycles. The number of hydrogen-bond acceptors (Lipinski definition) is 6. The number of phenols is 1. The van der Waals surface area contributed by atoms with Crippen LogP contribution in [0.2, 0.25) is 0 Å². The Bertz CT molecular complexity index is 710. The second-order valence-corrected chi connectivity index (χ2v) is 7.37. The van der Waals surface area contributed by atoms with Crippen molar-refractivity contribution < 1.29 is 5.11 Å². The quantitative estimate of drug-likeness (QED) is 0.714. The number of aromatic nitrogens is 4. The lowest BCUT2D eigenvalue weighted by Gasteiger charge is -2.03. The zero-order chi connectivity index (χ0) is 13.9. The number of thiophene rings is 1. The fourth-order valence-electron chi connectivity index (χ4n) is 1.59. The molecule has 1 aromatic carbocycles. The Balaban J connectivity index is 1.78. The van der Waals surface area contributed by atoms with Crippen LogP contribution in [0.15, 0.2) is 45.3 Å². The number of rotatable bonds is 4. The summed E-state index contributed by atoms with van der Waals surface area (Å²) in [6, 6.07) is 10.9. The monoisotopic (exact) mass is 368 g/mol. The fraction of sp³-hybridized carbons (Fsp3) is 0.0833. The highest BCUT2D eigenvalue weighted by Gasteiger charge is 2.10. The third-order valence-corrected chi connectivity index (χ3v) is 5.28. The Kier molecular flexibility index (Phi) is 4.04. The Morgan fingerprint density at radius 3 is 2.70 bits per heavy atom. The van der Waals surface area contributed by atoms with E-state index in [0.29, 0.717) is 0 Å². The van der Waals surface area contributed by atoms with Crippen molar-refractivity contribution in [2.75, 3.05) is 0 Å². The molecular formula is C12H9BrN4OS2. The highest BCUT2D eigenvalue weighted by atomic mass is 79.9. The van der Waals surface area contributed by atoms with Crippen molar-refractivity contribution in [1.82, 2.24) is 20.2 Å². The number of tetrazole rings is 1. The number of nitrogens with zero attached hydrogens (tertiary/aromatic N) is 4. The maximum Gasteiger partial charge on any atom is 0.214 e. The van der Waals surface area contributed by atoms with E-state index in [1.165, 1.54) is 4.88 Å². The van der Waals surface area contributed by atoms with Gasteiger partial charge >= 0.3 is 0 Å². The lowest BCUT2D eigenvalue weighted by atomic mass is 10.3. The van der Waals surface area contributed by atoms with Gasteiger partial charge in [0.05, 0.1) is 9.47 Å². The molecule has 0 amide bonds. The number of phenolic OH excluding ortho intramolecular Hbond substituents is 1. The van der Waals surface area contributed by atoms with Crippen molar-refractivity contribution in [2.24, 2.45) is 0 Å². The van der Waals surface area contributed by atoms with Crippen LogP contribution in [0.5, 0.6) is 5.75 Å². The van der Waals surface area contributed by atoms with Crippen LogP contribution in [-0.2, 0) is 5.75 Å². The molecule has 8 heteroatoms. The Morgan fingerprint density at radius 2 is 2.00 bits per heavy atom. The minimum absolute atomic E-state index is 0.222. The van der Waals surface area contributed by atoms with Gasteiger partial charge in [-0.3, -0.25) is 0 Å². The van der Waals surface area contributed by atoms with Crippen LogP contribution < -0.4 is 0 Å². The average Bonchev–Trinajstić information content (AvgIpc) is 3.06. The van der Waals surface area contributed by atoms with Crippen LogP contribution in [0.1, 0.15) is 4.88 Å². The van der Waals surface area contributed by atoms with E-state index >= 15 is 0 Å². The van der Waals surface area contributed by atoms with E-state index < -0.39 is 0 Å². The summed E-state index contributed by atoms with van der Waals surface area (Å²) in [4.78, 5) is 1.25. The average molecular weight is 369 g/mol. The van der Waals surface area contributed by atoms with E-state index in [1.807, 2.05) is 6.07 Å². The van der Waals surface area contributed by atoms with Gasteiger partial charge in [0.2, 0.25) is 5.16 Å². The first kappa shape index (κ1) is 13.6. The van der Waals surface area contributed by atoms with Crippen molar-refractivity contribution in [3.05, 3.63) is 45.1 Å². The SMILES string of the molecule is Oc1ccc(-n2nnnc2SCc2ccc(Br)s2)cc1. The van der Waals surface area contributed by atoms with Gasteiger partial charge in [0, 0.05) is 10.6 Å². The van der Waals surface area contributed by atoms with Gasteiger partial charge in [-0.25, -0.2) is 0 Å². The zero-order valence-electron chi connectivity index (χ0n) is 10.1. The van der Waals surface area contributed by atoms with E-state index in [-0.39, 0.29) is 5.75 Å². The van der Waals surface area contributed by atoms with Gasteiger partial charge in [-0.2, -0.15) is 4.68 Å². The molecule has 0 spiro atoms. The summed E-state index contributed by atoms with van der Waals surface area (Å²) in [5, 5.41) is 21.8. The van der Waals surface area contributed by atoms with Crippen LogP contribution in [0.4, 0.5) is 0 Å². The molecule has 0 fully saturated rings. The predicted octanol–water partition coefficient (Wildman–Crippen LogP) is 3.48. The Labute approximate surface area is 131 Å². The van der Waals surface area contributed by atoms with Gasteiger partial charge in [0.1, 0.15) is 5.75 Å². The second kappa shape index (κ2) is 5.94. The molecule has 2 heterocycles. The predicted molar refractivity (Wildman–Crippen MR) is 82.4 cm³/mol. The summed E-state index contributed by atoms with van der Waals surface area (Å²) >= 11 is 6.72. The highest BCUT2D eigenvalue weighted by molar-refractivity contribution is 9.11. The maximum atomic E-state index is 9.31. The first-order valence-electron chi connectivity index (χ1n) is 5.67. The standard InChI is InChI=1S/C12H9BrN4OS2/c13-11-6-5-10(20-11)7-19-12-14-15-16-17(12)8-1-3-9(18)4-2-8/h1-6,18H,7H2. The number of thioether (sulfide) groups is 1. The smallest absolute Gasteiger partial charge is 0.214 e. The fourth-order valence-corrected chi connectivity index (χ4v) is 4.01. The van der Waals surface area contributed by atoms with E-state index in [4.69, 9.17) is 0 Å². The van der Waals surface area contributed by atoms with Crippen LogP contribution in [0, 0.1) is 0 Å². The van der Waals surface area contributed by atoms with Gasteiger partial charge in [-0.05, 0) is 62.8 Å². The number of benzene rings is 1. The lowest BCUT2D eigenvalue weighted by Crippen LogP contribution is -1.98. The molecule has 0 unspecified atom stereocenters. The summed E-state index contributed by atoms with van der Waals surface area (Å²) in [5.74, 6) is 1.04. The van der Waals surface area contributed by atoms with Crippen LogP contribution in [0.25, 0.3) is 5.69 Å². The summed E-state index contributed by atoms with van der Waals surface area (Å²) in [7, 11) is 0. The molecule has 0 aliphatic carbocycles. The molecule has 0 bridgehead atoms. The number of aromatic hydroxyl groups is 1. The number of hydrogen-bond donors (Lipinski definition) is 1. The number of halogens is 1. The lowest BCUT2D eigenvalue weighted by molar-refractivity contribution is 0.475. The molecule has 5 nitrogen and oxygen atoms in total. The largest absolute Gasteiger partial charge is 0.508 e. The zero-order valence-corrected chi connectivity index (χ0v) is 13.3. The third kappa shape index (κ3) is 3.02. The van der Waals surface area contributed by atoms with E-state index in [0.717, 1.165) is 20.4 Å². The van der Waals surface area contributed by atoms with Crippen molar-refractivity contribution in [3.63, 3.8) is 0 Å². The van der Waals surface area contributed by atoms with Crippen molar-refractivity contribution in [2.45, 2.75) is 10.9 Å². The van der Waals surface area contributed by atoms with Crippen molar-refractivity contribution in [1.29, 1.82) is 0 Å². The second-order valence-electron chi connectivity index (χ2n) is 3.88. The molecular weight excluding hydrogens is 360 g/mol. The van der Waals surface area contributed by atoms with Crippen LogP contribution in [0.3, 0.4) is 0 Å². The molecule has 20 heavy (non-hydrogen) atoms. The van der Waals surface area contributed by atoms with Crippen molar-refractivity contribution in [3.8, 4) is 11.4 Å². The summed E-state index contributed by atoms with van der Waals surface area (Å²) in [5.41, 5.74) is 0.822. The highest BCUT2D eigenvalue weighted by Crippen LogP contribution is 2.29. The molecule has 2 aromatic heterocycles. The maximum absolute atomic E-state index is 9.31. The first-order chi connectivity index (χ1) is 9.72. The molecule has 0 aliphatic rings. The minimum atomic E-state index is 0.222. The van der Waals surface area contributed by atoms with Gasteiger partial charge in [-0.1, -0.05) is 11.8 Å².